The average Bonchev–Trinajstić information content (AvgIpc) is 3.38. The Morgan fingerprint density at radius 1 is 1.12 bits per heavy atom. The molecule has 9 heteroatoms. The Bertz CT molecular complexity index is 1080. The molecular weight excluding hydrogens is 452 g/mol. The van der Waals surface area contributed by atoms with Gasteiger partial charge in [0.2, 0.25) is 5.91 Å². The lowest BCUT2D eigenvalue weighted by Gasteiger charge is -2.31. The standard InChI is InChI=1S/C25H28N4O4S/c1-32-23-13-18(7-8-22(23)33-15-21-16-34-17-26-21)25(31)28-20-9-11-29(12-10-20)14-24(30)27-19-5-3-2-4-6-19/h2-8,13,16-17,20H,9-12,14-15H2,1H3,(H,27,30)(H,28,31). The minimum absolute atomic E-state index is 0.0298. The van der Waals surface area contributed by atoms with Gasteiger partial charge in [0.15, 0.2) is 11.5 Å². The van der Waals surface area contributed by atoms with Gasteiger partial charge in [-0.15, -0.1) is 11.3 Å². The van der Waals surface area contributed by atoms with Crippen molar-refractivity contribution in [1.82, 2.24) is 15.2 Å². The number of carbonyl (C=O) groups excluding carboxylic acids is 2. The second kappa shape index (κ2) is 11.6. The third-order valence-corrected chi connectivity index (χ3v) is 6.27. The molecule has 1 aliphatic heterocycles. The molecule has 0 aliphatic carbocycles. The Kier molecular flexibility index (Phi) is 8.11. The number of methoxy groups -OCH3 is 1. The highest BCUT2D eigenvalue weighted by Gasteiger charge is 2.23. The fraction of sp³-hybridized carbons (Fsp3) is 0.320. The number of anilines is 1. The van der Waals surface area contributed by atoms with E-state index in [0.717, 1.165) is 37.3 Å². The normalized spacial score (nSPS) is 14.4. The van der Waals surface area contributed by atoms with Crippen LogP contribution in [0, 0.1) is 0 Å². The highest BCUT2D eigenvalue weighted by atomic mass is 32.1. The van der Waals surface area contributed by atoms with Crippen LogP contribution in [-0.4, -0.2) is 54.5 Å². The number of piperidine rings is 1. The van der Waals surface area contributed by atoms with Crippen LogP contribution in [0.2, 0.25) is 0 Å². The average molecular weight is 481 g/mol. The van der Waals surface area contributed by atoms with E-state index in [1.165, 1.54) is 11.3 Å². The molecule has 2 amide bonds. The fourth-order valence-corrected chi connectivity index (χ4v) is 4.36. The zero-order valence-corrected chi connectivity index (χ0v) is 19.8. The number of para-hydroxylation sites is 1. The number of ether oxygens (including phenoxy) is 2. The molecule has 2 N–H and O–H groups in total. The van der Waals surface area contributed by atoms with Crippen LogP contribution in [0.25, 0.3) is 0 Å². The molecule has 3 aromatic rings. The molecule has 178 valence electrons. The van der Waals surface area contributed by atoms with Crippen molar-refractivity contribution in [2.24, 2.45) is 0 Å². The summed E-state index contributed by atoms with van der Waals surface area (Å²) >= 11 is 1.51. The first-order valence-corrected chi connectivity index (χ1v) is 12.1. The van der Waals surface area contributed by atoms with E-state index in [9.17, 15) is 9.59 Å². The van der Waals surface area contributed by atoms with Gasteiger partial charge in [-0.1, -0.05) is 18.2 Å². The lowest BCUT2D eigenvalue weighted by molar-refractivity contribution is -0.117. The molecule has 2 aromatic carbocycles. The van der Waals surface area contributed by atoms with Crippen molar-refractivity contribution >= 4 is 28.8 Å². The highest BCUT2D eigenvalue weighted by Crippen LogP contribution is 2.29. The van der Waals surface area contributed by atoms with Crippen LogP contribution in [0.3, 0.4) is 0 Å². The van der Waals surface area contributed by atoms with Gasteiger partial charge in [0.05, 0.1) is 24.9 Å². The topological polar surface area (TPSA) is 92.8 Å². The molecule has 8 nitrogen and oxygen atoms in total. The monoisotopic (exact) mass is 480 g/mol. The number of nitrogens with one attached hydrogen (secondary N) is 2. The van der Waals surface area contributed by atoms with Crippen molar-refractivity contribution in [1.29, 1.82) is 0 Å². The quantitative estimate of drug-likeness (QED) is 0.487. The zero-order chi connectivity index (χ0) is 23.8. The Morgan fingerprint density at radius 3 is 2.62 bits per heavy atom. The van der Waals surface area contributed by atoms with Crippen LogP contribution in [-0.2, 0) is 11.4 Å². The van der Waals surface area contributed by atoms with Crippen LogP contribution < -0.4 is 20.1 Å². The van der Waals surface area contributed by atoms with Crippen molar-refractivity contribution < 1.29 is 19.1 Å². The molecule has 0 unspecified atom stereocenters. The summed E-state index contributed by atoms with van der Waals surface area (Å²) in [6.07, 6.45) is 1.58. The van der Waals surface area contributed by atoms with E-state index in [1.807, 2.05) is 35.7 Å². The zero-order valence-electron chi connectivity index (χ0n) is 19.0. The lowest BCUT2D eigenvalue weighted by Crippen LogP contribution is -2.46. The Hall–Kier alpha value is -3.43. The fourth-order valence-electron chi connectivity index (χ4n) is 3.82. The van der Waals surface area contributed by atoms with Gasteiger partial charge < -0.3 is 20.1 Å². The molecule has 2 heterocycles. The van der Waals surface area contributed by atoms with Gasteiger partial charge in [-0.3, -0.25) is 14.5 Å². The first kappa shape index (κ1) is 23.7. The Labute approximate surface area is 202 Å². The number of amides is 2. The van der Waals surface area contributed by atoms with Gasteiger partial charge in [-0.05, 0) is 43.2 Å². The van der Waals surface area contributed by atoms with E-state index in [1.54, 1.807) is 30.8 Å². The molecule has 34 heavy (non-hydrogen) atoms. The summed E-state index contributed by atoms with van der Waals surface area (Å²) < 4.78 is 11.2. The molecule has 0 saturated carbocycles. The first-order valence-electron chi connectivity index (χ1n) is 11.2. The third kappa shape index (κ3) is 6.55. The minimum Gasteiger partial charge on any atom is -0.493 e. The summed E-state index contributed by atoms with van der Waals surface area (Å²) in [6, 6.07) is 14.7. The van der Waals surface area contributed by atoms with Gasteiger partial charge >= 0.3 is 0 Å². The van der Waals surface area contributed by atoms with E-state index < -0.39 is 0 Å². The van der Waals surface area contributed by atoms with Gasteiger partial charge in [0.1, 0.15) is 6.61 Å². The predicted molar refractivity (Wildman–Crippen MR) is 131 cm³/mol. The van der Waals surface area contributed by atoms with Crippen LogP contribution >= 0.6 is 11.3 Å². The van der Waals surface area contributed by atoms with E-state index in [-0.39, 0.29) is 17.9 Å². The number of benzene rings is 2. The number of hydrogen-bond acceptors (Lipinski definition) is 7. The molecule has 0 spiro atoms. The number of thiazole rings is 1. The first-order chi connectivity index (χ1) is 16.6. The Balaban J connectivity index is 1.24. The number of nitrogens with zero attached hydrogens (tertiary/aromatic N) is 2. The second-order valence-corrected chi connectivity index (χ2v) is 8.79. The highest BCUT2D eigenvalue weighted by molar-refractivity contribution is 7.07. The summed E-state index contributed by atoms with van der Waals surface area (Å²) in [5, 5.41) is 7.94. The van der Waals surface area contributed by atoms with Gasteiger partial charge in [0.25, 0.3) is 5.91 Å². The van der Waals surface area contributed by atoms with Crippen molar-refractivity contribution in [3.05, 3.63) is 70.7 Å². The number of rotatable bonds is 9. The third-order valence-electron chi connectivity index (χ3n) is 5.63. The van der Waals surface area contributed by atoms with E-state index in [2.05, 4.69) is 20.5 Å². The molecule has 0 atom stereocenters. The smallest absolute Gasteiger partial charge is 0.251 e. The summed E-state index contributed by atoms with van der Waals surface area (Å²) in [6.45, 7) is 2.18. The number of hydrogen-bond donors (Lipinski definition) is 2. The van der Waals surface area contributed by atoms with Crippen LogP contribution in [0.5, 0.6) is 11.5 Å². The maximum atomic E-state index is 12.8. The summed E-state index contributed by atoms with van der Waals surface area (Å²) in [7, 11) is 1.55. The van der Waals surface area contributed by atoms with E-state index >= 15 is 0 Å². The van der Waals surface area contributed by atoms with Crippen molar-refractivity contribution in [2.45, 2.75) is 25.5 Å². The lowest BCUT2D eigenvalue weighted by atomic mass is 10.0. The maximum Gasteiger partial charge on any atom is 0.251 e. The number of likely N-dealkylation sites (tertiary alicyclic amines) is 1. The van der Waals surface area contributed by atoms with Crippen LogP contribution in [0.4, 0.5) is 5.69 Å². The molecule has 0 radical (unpaired) electrons. The molecule has 1 aromatic heterocycles. The maximum absolute atomic E-state index is 12.8. The Morgan fingerprint density at radius 2 is 1.91 bits per heavy atom. The molecule has 1 saturated heterocycles. The van der Waals surface area contributed by atoms with Crippen LogP contribution in [0.15, 0.2) is 59.4 Å². The molecule has 1 aliphatic rings. The second-order valence-electron chi connectivity index (χ2n) is 8.07. The minimum atomic E-state index is -0.148. The predicted octanol–water partition coefficient (Wildman–Crippen LogP) is 3.56. The van der Waals surface area contributed by atoms with Gasteiger partial charge in [0, 0.05) is 35.8 Å². The largest absolute Gasteiger partial charge is 0.493 e. The van der Waals surface area contributed by atoms with Gasteiger partial charge in [-0.2, -0.15) is 0 Å². The summed E-state index contributed by atoms with van der Waals surface area (Å²) in [5.74, 6) is 0.888. The van der Waals surface area contributed by atoms with Gasteiger partial charge in [-0.25, -0.2) is 4.98 Å². The number of aromatic nitrogens is 1. The van der Waals surface area contributed by atoms with Crippen molar-refractivity contribution in [3.8, 4) is 11.5 Å². The SMILES string of the molecule is COc1cc(C(=O)NC2CCN(CC(=O)Nc3ccccc3)CC2)ccc1OCc1cscn1. The van der Waals surface area contributed by atoms with Crippen molar-refractivity contribution in [3.63, 3.8) is 0 Å². The number of carbonyl (C=O) groups is 2. The van der Waals surface area contributed by atoms with E-state index in [0.29, 0.717) is 30.2 Å². The molecular formula is C25H28N4O4S. The van der Waals surface area contributed by atoms with Crippen LogP contribution in [0.1, 0.15) is 28.9 Å². The summed E-state index contributed by atoms with van der Waals surface area (Å²) in [4.78, 5) is 31.4. The molecule has 1 fully saturated rings. The van der Waals surface area contributed by atoms with Crippen molar-refractivity contribution in [2.75, 3.05) is 32.1 Å². The molecule has 4 rings (SSSR count). The van der Waals surface area contributed by atoms with E-state index in [4.69, 9.17) is 9.47 Å². The molecule has 0 bridgehead atoms. The summed E-state index contributed by atoms with van der Waals surface area (Å²) in [5.41, 5.74) is 3.91.